The van der Waals surface area contributed by atoms with Gasteiger partial charge in [0.2, 0.25) is 5.91 Å². The smallest absolute Gasteiger partial charge is 0.225 e. The number of benzene rings is 1. The Balaban J connectivity index is 0.00000320. The first-order valence-corrected chi connectivity index (χ1v) is 10.8. The van der Waals surface area contributed by atoms with Crippen LogP contribution in [0.25, 0.3) is 0 Å². The summed E-state index contributed by atoms with van der Waals surface area (Å²) in [6.45, 7) is 4.59. The number of nitrogens with one attached hydrogen (secondary N) is 2. The molecule has 1 aromatic rings. The van der Waals surface area contributed by atoms with Gasteiger partial charge in [0.25, 0.3) is 0 Å². The summed E-state index contributed by atoms with van der Waals surface area (Å²) in [4.78, 5) is 19.2. The average Bonchev–Trinajstić information content (AvgIpc) is 3.18. The number of hydrogen-bond donors (Lipinski definition) is 2. The zero-order valence-electron chi connectivity index (χ0n) is 17.6. The third-order valence-electron chi connectivity index (χ3n) is 5.81. The lowest BCUT2D eigenvalue weighted by atomic mass is 9.88. The van der Waals surface area contributed by atoms with E-state index in [1.165, 1.54) is 18.6 Å². The molecule has 1 heterocycles. The molecule has 0 radical (unpaired) electrons. The van der Waals surface area contributed by atoms with E-state index in [-0.39, 0.29) is 35.9 Å². The fourth-order valence-electron chi connectivity index (χ4n) is 4.21. The Morgan fingerprint density at radius 1 is 1.20 bits per heavy atom. The summed E-state index contributed by atoms with van der Waals surface area (Å²) >= 11 is 0. The van der Waals surface area contributed by atoms with Crippen LogP contribution < -0.4 is 10.6 Å². The van der Waals surface area contributed by atoms with Gasteiger partial charge in [0.05, 0.1) is 0 Å². The number of nitrogens with zero attached hydrogens (tertiary/aromatic N) is 2. The quantitative estimate of drug-likeness (QED) is 0.331. The van der Waals surface area contributed by atoms with Gasteiger partial charge in [0.15, 0.2) is 5.96 Å². The van der Waals surface area contributed by atoms with E-state index in [0.29, 0.717) is 43.5 Å². The molecule has 0 spiro atoms. The zero-order chi connectivity index (χ0) is 20.6. The fraction of sp³-hybridized carbons (Fsp3) is 0.636. The normalized spacial score (nSPS) is 20.0. The maximum Gasteiger partial charge on any atom is 0.225 e. The van der Waals surface area contributed by atoms with Gasteiger partial charge in [-0.3, -0.25) is 9.79 Å². The second-order valence-electron chi connectivity index (χ2n) is 8.00. The number of carbonyl (C=O) groups excluding carboxylic acids is 1. The Morgan fingerprint density at radius 3 is 2.67 bits per heavy atom. The molecule has 30 heavy (non-hydrogen) atoms. The number of hydrogen-bond acceptors (Lipinski definition) is 2. The van der Waals surface area contributed by atoms with Crippen molar-refractivity contribution in [3.8, 4) is 0 Å². The van der Waals surface area contributed by atoms with Crippen LogP contribution in [0.1, 0.15) is 51.0 Å². The lowest BCUT2D eigenvalue weighted by Gasteiger charge is -2.26. The SMILES string of the molecule is CCNC(=NCCc1ccc(F)cc1F)NC1CCN(C(=O)C2CCCCC2)C1.I. The van der Waals surface area contributed by atoms with Crippen molar-refractivity contribution in [3.05, 3.63) is 35.4 Å². The van der Waals surface area contributed by atoms with Crippen LogP contribution in [0.5, 0.6) is 0 Å². The second kappa shape index (κ2) is 12.4. The van der Waals surface area contributed by atoms with E-state index in [4.69, 9.17) is 0 Å². The lowest BCUT2D eigenvalue weighted by Crippen LogP contribution is -2.45. The summed E-state index contributed by atoms with van der Waals surface area (Å²) < 4.78 is 26.8. The second-order valence-corrected chi connectivity index (χ2v) is 8.00. The summed E-state index contributed by atoms with van der Waals surface area (Å²) in [5.74, 6) is 0.0776. The molecule has 0 aromatic heterocycles. The highest BCUT2D eigenvalue weighted by Gasteiger charge is 2.31. The van der Waals surface area contributed by atoms with E-state index in [9.17, 15) is 13.6 Å². The molecule has 1 aliphatic heterocycles. The average molecular weight is 534 g/mol. The highest BCUT2D eigenvalue weighted by atomic mass is 127. The summed E-state index contributed by atoms with van der Waals surface area (Å²) in [6.07, 6.45) is 6.93. The minimum atomic E-state index is -0.571. The molecule has 3 rings (SSSR count). The molecule has 168 valence electrons. The van der Waals surface area contributed by atoms with Crippen LogP contribution in [0.4, 0.5) is 8.78 Å². The number of halogens is 3. The molecule has 1 aliphatic carbocycles. The minimum Gasteiger partial charge on any atom is -0.357 e. The number of amides is 1. The molecule has 2 N–H and O–H groups in total. The fourth-order valence-corrected chi connectivity index (χ4v) is 4.21. The van der Waals surface area contributed by atoms with Crippen molar-refractivity contribution in [2.45, 2.75) is 57.9 Å². The van der Waals surface area contributed by atoms with E-state index in [1.54, 1.807) is 0 Å². The third-order valence-corrected chi connectivity index (χ3v) is 5.81. The monoisotopic (exact) mass is 534 g/mol. The Labute approximate surface area is 195 Å². The molecule has 1 amide bonds. The maximum absolute atomic E-state index is 13.8. The Bertz CT molecular complexity index is 725. The number of guanidine groups is 1. The molecule has 1 atom stereocenters. The molecule has 1 saturated carbocycles. The summed E-state index contributed by atoms with van der Waals surface area (Å²) in [6, 6.07) is 3.80. The van der Waals surface area contributed by atoms with Crippen LogP contribution in [-0.2, 0) is 11.2 Å². The topological polar surface area (TPSA) is 56.7 Å². The number of rotatable bonds is 6. The van der Waals surface area contributed by atoms with Crippen molar-refractivity contribution in [1.82, 2.24) is 15.5 Å². The summed E-state index contributed by atoms with van der Waals surface area (Å²) in [7, 11) is 0. The largest absolute Gasteiger partial charge is 0.357 e. The molecule has 0 bridgehead atoms. The summed E-state index contributed by atoms with van der Waals surface area (Å²) in [5.41, 5.74) is 0.455. The van der Waals surface area contributed by atoms with Gasteiger partial charge in [0, 0.05) is 44.2 Å². The highest BCUT2D eigenvalue weighted by molar-refractivity contribution is 14.0. The first-order chi connectivity index (χ1) is 14.1. The molecule has 2 aliphatic rings. The van der Waals surface area contributed by atoms with Crippen LogP contribution >= 0.6 is 24.0 Å². The highest BCUT2D eigenvalue weighted by Crippen LogP contribution is 2.26. The molecule has 1 unspecified atom stereocenters. The van der Waals surface area contributed by atoms with Crippen LogP contribution in [0, 0.1) is 17.6 Å². The van der Waals surface area contributed by atoms with Gasteiger partial charge in [-0.2, -0.15) is 0 Å². The number of likely N-dealkylation sites (tertiary alicyclic amines) is 1. The van der Waals surface area contributed by atoms with Crippen molar-refractivity contribution in [3.63, 3.8) is 0 Å². The predicted octanol–water partition coefficient (Wildman–Crippen LogP) is 3.86. The van der Waals surface area contributed by atoms with Gasteiger partial charge in [0.1, 0.15) is 11.6 Å². The van der Waals surface area contributed by atoms with Gasteiger partial charge >= 0.3 is 0 Å². The van der Waals surface area contributed by atoms with Crippen LogP contribution in [0.2, 0.25) is 0 Å². The molecule has 2 fully saturated rings. The van der Waals surface area contributed by atoms with Gasteiger partial charge in [-0.1, -0.05) is 25.3 Å². The van der Waals surface area contributed by atoms with E-state index < -0.39 is 11.6 Å². The molecule has 1 aromatic carbocycles. The molecule has 1 saturated heterocycles. The van der Waals surface area contributed by atoms with Crippen molar-refractivity contribution in [1.29, 1.82) is 0 Å². The molecular weight excluding hydrogens is 501 g/mol. The zero-order valence-corrected chi connectivity index (χ0v) is 20.0. The van der Waals surface area contributed by atoms with Gasteiger partial charge < -0.3 is 15.5 Å². The van der Waals surface area contributed by atoms with E-state index in [1.807, 2.05) is 11.8 Å². The van der Waals surface area contributed by atoms with Crippen molar-refractivity contribution in [2.75, 3.05) is 26.2 Å². The predicted molar refractivity (Wildman–Crippen MR) is 126 cm³/mol. The minimum absolute atomic E-state index is 0. The third kappa shape index (κ3) is 7.06. The number of carbonyl (C=O) groups is 1. The first-order valence-electron chi connectivity index (χ1n) is 10.8. The van der Waals surface area contributed by atoms with Gasteiger partial charge in [-0.15, -0.1) is 24.0 Å². The van der Waals surface area contributed by atoms with Crippen molar-refractivity contribution < 1.29 is 13.6 Å². The Hall–Kier alpha value is -1.45. The van der Waals surface area contributed by atoms with Crippen molar-refractivity contribution in [2.24, 2.45) is 10.9 Å². The Kier molecular flexibility index (Phi) is 10.3. The Morgan fingerprint density at radius 2 is 1.97 bits per heavy atom. The maximum atomic E-state index is 13.8. The molecule has 5 nitrogen and oxygen atoms in total. The first kappa shape index (κ1) is 24.8. The van der Waals surface area contributed by atoms with Crippen LogP contribution in [-0.4, -0.2) is 49.0 Å². The van der Waals surface area contributed by atoms with Gasteiger partial charge in [-0.25, -0.2) is 8.78 Å². The van der Waals surface area contributed by atoms with E-state index >= 15 is 0 Å². The standard InChI is InChI=1S/C22H32F2N4O.HI/c1-2-25-22(26-12-10-16-8-9-18(23)14-20(16)24)27-19-11-13-28(15-19)21(29)17-6-4-3-5-7-17;/h8-9,14,17,19H,2-7,10-13,15H2,1H3,(H2,25,26,27);1H. The van der Waals surface area contributed by atoms with Crippen LogP contribution in [0.3, 0.4) is 0 Å². The van der Waals surface area contributed by atoms with Gasteiger partial charge in [-0.05, 0) is 44.2 Å². The molecule has 8 heteroatoms. The van der Waals surface area contributed by atoms with E-state index in [0.717, 1.165) is 44.7 Å². The lowest BCUT2D eigenvalue weighted by molar-refractivity contribution is -0.135. The van der Waals surface area contributed by atoms with Crippen LogP contribution in [0.15, 0.2) is 23.2 Å². The summed E-state index contributed by atoms with van der Waals surface area (Å²) in [5, 5.41) is 6.61. The molecular formula is C22H33F2IN4O. The van der Waals surface area contributed by atoms with E-state index in [2.05, 4.69) is 15.6 Å². The number of aliphatic imine (C=N–C) groups is 1. The van der Waals surface area contributed by atoms with Crippen molar-refractivity contribution >= 4 is 35.8 Å².